The summed E-state index contributed by atoms with van der Waals surface area (Å²) >= 11 is 0. The summed E-state index contributed by atoms with van der Waals surface area (Å²) in [6.45, 7) is 8.99. The Morgan fingerprint density at radius 2 is 2.00 bits per heavy atom. The Labute approximate surface area is 173 Å². The fraction of sp³-hybridized carbons (Fsp3) is 0.565. The van der Waals surface area contributed by atoms with Crippen LogP contribution in [0, 0.1) is 5.92 Å². The molecule has 154 valence electrons. The summed E-state index contributed by atoms with van der Waals surface area (Å²) in [7, 11) is -1.16. The topological polar surface area (TPSA) is 49.9 Å². The summed E-state index contributed by atoms with van der Waals surface area (Å²) in [5.74, 6) is 0.302. The number of amides is 1. The lowest BCUT2D eigenvalue weighted by Gasteiger charge is -2.46. The van der Waals surface area contributed by atoms with Gasteiger partial charge in [-0.3, -0.25) is 9.59 Å². The minimum atomic E-state index is -1.16. The first-order chi connectivity index (χ1) is 13.8. The van der Waals surface area contributed by atoms with Gasteiger partial charge in [-0.2, -0.15) is 0 Å². The summed E-state index contributed by atoms with van der Waals surface area (Å²) in [5.41, 5.74) is 2.88. The molecule has 3 aliphatic heterocycles. The minimum Gasteiger partial charge on any atom is -0.361 e. The summed E-state index contributed by atoms with van der Waals surface area (Å²) in [6.07, 6.45) is 4.11. The van der Waals surface area contributed by atoms with Gasteiger partial charge in [0.2, 0.25) is 5.91 Å². The highest BCUT2D eigenvalue weighted by Crippen LogP contribution is 2.60. The molecule has 0 unspecified atom stereocenters. The van der Waals surface area contributed by atoms with Crippen molar-refractivity contribution in [3.63, 3.8) is 0 Å². The molecule has 1 spiro atoms. The first-order valence-corrected chi connectivity index (χ1v) is 14.5. The van der Waals surface area contributed by atoms with Crippen LogP contribution >= 0.6 is 0 Å². The van der Waals surface area contributed by atoms with E-state index in [-0.39, 0.29) is 23.7 Å². The van der Waals surface area contributed by atoms with E-state index in [1.165, 1.54) is 5.56 Å². The van der Waals surface area contributed by atoms with Gasteiger partial charge in [0.05, 0.1) is 11.5 Å². The fourth-order valence-corrected chi connectivity index (χ4v) is 6.60. The fourth-order valence-electron chi connectivity index (χ4n) is 5.84. The van der Waals surface area contributed by atoms with Gasteiger partial charge in [-0.15, -0.1) is 0 Å². The Kier molecular flexibility index (Phi) is 4.30. The molecule has 1 aromatic carbocycles. The van der Waals surface area contributed by atoms with Crippen molar-refractivity contribution >= 4 is 25.5 Å². The average molecular weight is 411 g/mol. The van der Waals surface area contributed by atoms with Gasteiger partial charge in [0.25, 0.3) is 0 Å². The van der Waals surface area contributed by atoms with E-state index in [2.05, 4.69) is 42.7 Å². The first-order valence-electron chi connectivity index (χ1n) is 10.8. The zero-order valence-electron chi connectivity index (χ0n) is 17.6. The van der Waals surface area contributed by atoms with E-state index in [1.807, 2.05) is 17.0 Å². The molecular formula is C23H30N2O3Si. The highest BCUT2D eigenvalue weighted by Gasteiger charge is 2.65. The van der Waals surface area contributed by atoms with Gasteiger partial charge in [-0.05, 0) is 30.5 Å². The van der Waals surface area contributed by atoms with Gasteiger partial charge in [0.1, 0.15) is 6.73 Å². The largest absolute Gasteiger partial charge is 0.361 e. The number of rotatable bonds is 5. The van der Waals surface area contributed by atoms with E-state index < -0.39 is 13.5 Å². The highest BCUT2D eigenvalue weighted by atomic mass is 28.3. The van der Waals surface area contributed by atoms with Crippen molar-refractivity contribution in [1.29, 1.82) is 0 Å². The van der Waals surface area contributed by atoms with Crippen molar-refractivity contribution in [2.45, 2.75) is 56.4 Å². The number of carbonyl (C=O) groups excluding carboxylic acids is 2. The predicted octanol–water partition coefficient (Wildman–Crippen LogP) is 3.53. The molecule has 0 N–H and O–H groups in total. The molecule has 29 heavy (non-hydrogen) atoms. The maximum Gasteiger partial charge on any atom is 0.224 e. The SMILES string of the molecule is C[Si](C)(C)CCOCN1C2=CC(=O)[C@@H]3CCCN4C(=O)C[C@@]2(c2ccccc21)[C@H]34. The Bertz CT molecular complexity index is 906. The van der Waals surface area contributed by atoms with Gasteiger partial charge >= 0.3 is 0 Å². The summed E-state index contributed by atoms with van der Waals surface area (Å²) < 4.78 is 6.11. The number of nitrogens with zero attached hydrogens (tertiary/aromatic N) is 2. The number of carbonyl (C=O) groups is 2. The normalized spacial score (nSPS) is 30.2. The van der Waals surface area contributed by atoms with Crippen molar-refractivity contribution in [2.24, 2.45) is 5.92 Å². The maximum absolute atomic E-state index is 13.1. The van der Waals surface area contributed by atoms with E-state index >= 15 is 0 Å². The van der Waals surface area contributed by atoms with Crippen LogP contribution in [0.15, 0.2) is 36.0 Å². The molecule has 5 nitrogen and oxygen atoms in total. The number of para-hydroxylation sites is 1. The van der Waals surface area contributed by atoms with Crippen LogP contribution in [0.1, 0.15) is 24.8 Å². The van der Waals surface area contributed by atoms with Crippen LogP contribution in [0.4, 0.5) is 5.69 Å². The molecule has 3 atom stereocenters. The van der Waals surface area contributed by atoms with Gasteiger partial charge in [-0.25, -0.2) is 0 Å². The highest BCUT2D eigenvalue weighted by molar-refractivity contribution is 6.76. The monoisotopic (exact) mass is 410 g/mol. The molecule has 5 rings (SSSR count). The molecule has 1 aromatic rings. The number of fused-ring (bicyclic) bond motifs is 1. The predicted molar refractivity (Wildman–Crippen MR) is 116 cm³/mol. The summed E-state index contributed by atoms with van der Waals surface area (Å²) in [6, 6.07) is 9.44. The number of piperidine rings is 1. The van der Waals surface area contributed by atoms with Crippen molar-refractivity contribution in [3.05, 3.63) is 41.6 Å². The number of anilines is 1. The molecule has 2 fully saturated rings. The van der Waals surface area contributed by atoms with Crippen molar-refractivity contribution < 1.29 is 14.3 Å². The third-order valence-electron chi connectivity index (χ3n) is 7.17. The quantitative estimate of drug-likeness (QED) is 0.550. The number of allylic oxidation sites excluding steroid dienone is 1. The molecule has 0 aromatic heterocycles. The molecule has 3 heterocycles. The van der Waals surface area contributed by atoms with E-state index in [9.17, 15) is 9.59 Å². The van der Waals surface area contributed by atoms with Crippen LogP contribution in [-0.4, -0.2) is 50.6 Å². The first kappa shape index (κ1) is 19.1. The van der Waals surface area contributed by atoms with Crippen LogP contribution in [0.3, 0.4) is 0 Å². The Hall–Kier alpha value is -1.92. The number of ketones is 1. The van der Waals surface area contributed by atoms with Crippen LogP contribution < -0.4 is 4.90 Å². The van der Waals surface area contributed by atoms with Crippen LogP contribution in [0.5, 0.6) is 0 Å². The number of benzene rings is 1. The van der Waals surface area contributed by atoms with Crippen LogP contribution in [0.25, 0.3) is 0 Å². The third kappa shape index (κ3) is 2.75. The van der Waals surface area contributed by atoms with Gasteiger partial charge in [-0.1, -0.05) is 37.8 Å². The zero-order valence-corrected chi connectivity index (χ0v) is 18.6. The second-order valence-electron chi connectivity index (χ2n) is 10.2. The molecular weight excluding hydrogens is 380 g/mol. The number of ether oxygens (including phenoxy) is 1. The van der Waals surface area contributed by atoms with E-state index in [0.29, 0.717) is 13.2 Å². The standard InChI is InChI=1S/C23H30N2O3Si/c1-29(2,3)12-11-28-15-25-18-9-5-4-8-17(18)23-14-21(27)24-10-6-7-16(22(23)24)19(26)13-20(23)25/h4-5,8-9,13,16,22H,6-7,10-12,14-15H2,1-3H3/t16-,22-,23-/m0/s1. The molecule has 0 radical (unpaired) electrons. The second kappa shape index (κ2) is 6.54. The summed E-state index contributed by atoms with van der Waals surface area (Å²) in [5, 5.41) is 0. The third-order valence-corrected chi connectivity index (χ3v) is 8.88. The van der Waals surface area contributed by atoms with E-state index in [0.717, 1.165) is 43.4 Å². The van der Waals surface area contributed by atoms with Crippen LogP contribution in [-0.2, 0) is 19.7 Å². The van der Waals surface area contributed by atoms with Gasteiger partial charge in [0, 0.05) is 51.0 Å². The van der Waals surface area contributed by atoms with Crippen molar-refractivity contribution in [1.82, 2.24) is 4.90 Å². The van der Waals surface area contributed by atoms with Gasteiger partial charge < -0.3 is 14.5 Å². The lowest BCUT2D eigenvalue weighted by molar-refractivity contribution is -0.133. The molecule has 2 saturated heterocycles. The Morgan fingerprint density at radius 3 is 2.79 bits per heavy atom. The molecule has 6 heteroatoms. The van der Waals surface area contributed by atoms with Gasteiger partial charge in [0.15, 0.2) is 5.78 Å². The smallest absolute Gasteiger partial charge is 0.224 e. The summed E-state index contributed by atoms with van der Waals surface area (Å²) in [4.78, 5) is 30.3. The maximum atomic E-state index is 13.1. The lowest BCUT2D eigenvalue weighted by Crippen LogP contribution is -2.56. The molecule has 0 saturated carbocycles. The van der Waals surface area contributed by atoms with E-state index in [1.54, 1.807) is 0 Å². The van der Waals surface area contributed by atoms with Crippen molar-refractivity contribution in [2.75, 3.05) is 24.8 Å². The Morgan fingerprint density at radius 1 is 1.21 bits per heavy atom. The average Bonchev–Trinajstić information content (AvgIpc) is 3.12. The molecule has 1 amide bonds. The van der Waals surface area contributed by atoms with E-state index in [4.69, 9.17) is 4.74 Å². The molecule has 1 aliphatic carbocycles. The molecule has 4 aliphatic rings. The van der Waals surface area contributed by atoms with Crippen molar-refractivity contribution in [3.8, 4) is 0 Å². The Balaban J connectivity index is 1.54. The van der Waals surface area contributed by atoms with Crippen LogP contribution in [0.2, 0.25) is 25.7 Å². The number of hydrogen-bond acceptors (Lipinski definition) is 4. The lowest BCUT2D eigenvalue weighted by atomic mass is 9.63. The number of hydrogen-bond donors (Lipinski definition) is 0. The molecule has 0 bridgehead atoms. The zero-order chi connectivity index (χ0) is 20.4. The minimum absolute atomic E-state index is 0.0376. The second-order valence-corrected chi connectivity index (χ2v) is 15.8.